The summed E-state index contributed by atoms with van der Waals surface area (Å²) in [5.74, 6) is -0.140. The number of benzene rings is 1. The van der Waals surface area contributed by atoms with Gasteiger partial charge in [0.2, 0.25) is 5.91 Å². The van der Waals surface area contributed by atoms with Gasteiger partial charge in [-0.3, -0.25) is 9.69 Å². The molecule has 5 rings (SSSR count). The van der Waals surface area contributed by atoms with E-state index in [2.05, 4.69) is 15.0 Å². The van der Waals surface area contributed by atoms with Crippen LogP contribution in [0.1, 0.15) is 41.3 Å². The van der Waals surface area contributed by atoms with Gasteiger partial charge in [0.15, 0.2) is 5.65 Å². The average Bonchev–Trinajstić information content (AvgIpc) is 3.61. The van der Waals surface area contributed by atoms with Gasteiger partial charge in [0.25, 0.3) is 0 Å². The number of hydrogen-bond acceptors (Lipinski definition) is 4. The van der Waals surface area contributed by atoms with Crippen molar-refractivity contribution in [2.75, 3.05) is 26.2 Å². The number of fused-ring (bicyclic) bond motifs is 1. The van der Waals surface area contributed by atoms with Crippen molar-refractivity contribution in [3.8, 4) is 0 Å². The van der Waals surface area contributed by atoms with E-state index in [1.165, 1.54) is 11.6 Å². The zero-order chi connectivity index (χ0) is 24.9. The Morgan fingerprint density at radius 1 is 1.09 bits per heavy atom. The highest BCUT2D eigenvalue weighted by Crippen LogP contribution is 2.43. The number of pyridine rings is 1. The maximum absolute atomic E-state index is 13.8. The third-order valence-electron chi connectivity index (χ3n) is 6.60. The molecule has 3 aromatic rings. The molecule has 1 aromatic carbocycles. The quantitative estimate of drug-likeness (QED) is 0.454. The molecule has 1 amide bonds. The number of halogens is 5. The number of aryl methyl sites for hydroxylation is 1. The second-order valence-corrected chi connectivity index (χ2v) is 10.0. The van der Waals surface area contributed by atoms with Gasteiger partial charge in [-0.25, -0.2) is 9.67 Å². The Morgan fingerprint density at radius 2 is 1.80 bits per heavy atom. The largest absolute Gasteiger partial charge is 0.417 e. The van der Waals surface area contributed by atoms with Gasteiger partial charge in [0.05, 0.1) is 26.7 Å². The van der Waals surface area contributed by atoms with Crippen molar-refractivity contribution in [3.05, 3.63) is 56.8 Å². The summed E-state index contributed by atoms with van der Waals surface area (Å²) in [7, 11) is 0. The maximum atomic E-state index is 13.8. The van der Waals surface area contributed by atoms with Crippen LogP contribution in [0.3, 0.4) is 0 Å². The van der Waals surface area contributed by atoms with Crippen LogP contribution in [0.2, 0.25) is 10.0 Å². The summed E-state index contributed by atoms with van der Waals surface area (Å²) in [6.07, 6.45) is -2.86. The zero-order valence-corrected chi connectivity index (χ0v) is 20.6. The van der Waals surface area contributed by atoms with Crippen LogP contribution in [0.15, 0.2) is 24.3 Å². The van der Waals surface area contributed by atoms with Gasteiger partial charge in [-0.05, 0) is 43.5 Å². The van der Waals surface area contributed by atoms with E-state index in [1.807, 2.05) is 12.1 Å². The van der Waals surface area contributed by atoms with E-state index in [0.717, 1.165) is 24.5 Å². The first-order valence-electron chi connectivity index (χ1n) is 11.5. The van der Waals surface area contributed by atoms with E-state index in [0.29, 0.717) is 48.5 Å². The van der Waals surface area contributed by atoms with Crippen molar-refractivity contribution in [2.24, 2.45) is 0 Å². The molecule has 1 saturated carbocycles. The molecule has 2 fully saturated rings. The Balaban J connectivity index is 1.29. The highest BCUT2D eigenvalue weighted by molar-refractivity contribution is 6.42. The standard InChI is InChI=1S/C24H24Cl2F3N5O/c1-14-22-17(24(27,28)29)11-20(16-3-4-16)30-23(22)34(31-14)13-21(35)33-8-6-32(7-9-33)12-15-2-5-18(25)19(26)10-15/h2,5,10-11,16H,3-4,6-9,12-13H2,1H3. The van der Waals surface area contributed by atoms with Gasteiger partial charge in [-0.1, -0.05) is 29.3 Å². The van der Waals surface area contributed by atoms with Gasteiger partial charge < -0.3 is 4.90 Å². The summed E-state index contributed by atoms with van der Waals surface area (Å²) in [5, 5.41) is 5.27. The molecule has 0 bridgehead atoms. The van der Waals surface area contributed by atoms with E-state index in [-0.39, 0.29) is 35.1 Å². The molecule has 0 unspecified atom stereocenters. The molecule has 0 atom stereocenters. The molecular weight excluding hydrogens is 502 g/mol. The van der Waals surface area contributed by atoms with E-state index < -0.39 is 11.7 Å². The summed E-state index contributed by atoms with van der Waals surface area (Å²) in [5.41, 5.74) is 1.09. The van der Waals surface area contributed by atoms with Crippen molar-refractivity contribution in [1.29, 1.82) is 0 Å². The van der Waals surface area contributed by atoms with Crippen molar-refractivity contribution in [1.82, 2.24) is 24.6 Å². The van der Waals surface area contributed by atoms with Crippen molar-refractivity contribution >= 4 is 40.1 Å². The molecule has 0 radical (unpaired) electrons. The number of amides is 1. The van der Waals surface area contributed by atoms with Crippen LogP contribution in [0, 0.1) is 6.92 Å². The molecule has 3 heterocycles. The Bertz CT molecular complexity index is 1280. The van der Waals surface area contributed by atoms with E-state index in [9.17, 15) is 18.0 Å². The Morgan fingerprint density at radius 3 is 2.43 bits per heavy atom. The number of nitrogens with zero attached hydrogens (tertiary/aromatic N) is 5. The monoisotopic (exact) mass is 525 g/mol. The normalized spacial score (nSPS) is 17.4. The summed E-state index contributed by atoms with van der Waals surface area (Å²) in [6.45, 7) is 4.46. The third kappa shape index (κ3) is 5.13. The number of piperazine rings is 1. The average molecular weight is 526 g/mol. The van der Waals surface area contributed by atoms with Crippen molar-refractivity contribution < 1.29 is 18.0 Å². The topological polar surface area (TPSA) is 54.3 Å². The summed E-state index contributed by atoms with van der Waals surface area (Å²) >= 11 is 12.1. The van der Waals surface area contributed by atoms with E-state index in [1.54, 1.807) is 11.0 Å². The molecular formula is C24H24Cl2F3N5O. The van der Waals surface area contributed by atoms with Gasteiger partial charge in [0.1, 0.15) is 6.54 Å². The van der Waals surface area contributed by atoms with Crippen LogP contribution >= 0.6 is 23.2 Å². The SMILES string of the molecule is Cc1nn(CC(=O)N2CCN(Cc3ccc(Cl)c(Cl)c3)CC2)c2nc(C3CC3)cc(C(F)(F)F)c12. The second-order valence-electron chi connectivity index (χ2n) is 9.21. The molecule has 6 nitrogen and oxygen atoms in total. The summed E-state index contributed by atoms with van der Waals surface area (Å²) in [6, 6.07) is 6.68. The smallest absolute Gasteiger partial charge is 0.339 e. The second kappa shape index (κ2) is 9.26. The van der Waals surface area contributed by atoms with Gasteiger partial charge in [0, 0.05) is 44.3 Å². The fourth-order valence-corrected chi connectivity index (χ4v) is 4.90. The minimum atomic E-state index is -4.52. The van der Waals surface area contributed by atoms with Gasteiger partial charge >= 0.3 is 6.18 Å². The molecule has 1 aliphatic carbocycles. The molecule has 2 aromatic heterocycles. The van der Waals surface area contributed by atoms with Gasteiger partial charge in [-0.2, -0.15) is 18.3 Å². The lowest BCUT2D eigenvalue weighted by Crippen LogP contribution is -2.49. The molecule has 1 aliphatic heterocycles. The van der Waals surface area contributed by atoms with Crippen LogP contribution in [0.5, 0.6) is 0 Å². The molecule has 0 spiro atoms. The summed E-state index contributed by atoms with van der Waals surface area (Å²) < 4.78 is 42.7. The van der Waals surface area contributed by atoms with Crippen LogP contribution in [-0.2, 0) is 24.1 Å². The van der Waals surface area contributed by atoms with Gasteiger partial charge in [-0.15, -0.1) is 0 Å². The molecule has 0 N–H and O–H groups in total. The predicted molar refractivity (Wildman–Crippen MR) is 128 cm³/mol. The molecule has 35 heavy (non-hydrogen) atoms. The molecule has 1 saturated heterocycles. The number of rotatable bonds is 5. The fraction of sp³-hybridized carbons (Fsp3) is 0.458. The number of carbonyl (C=O) groups is 1. The minimum Gasteiger partial charge on any atom is -0.339 e. The first-order valence-corrected chi connectivity index (χ1v) is 12.2. The summed E-state index contributed by atoms with van der Waals surface area (Å²) in [4.78, 5) is 21.5. The molecule has 11 heteroatoms. The lowest BCUT2D eigenvalue weighted by atomic mass is 10.1. The Labute approximate surface area is 210 Å². The Kier molecular flexibility index (Phi) is 6.44. The number of carbonyl (C=O) groups excluding carboxylic acids is 1. The molecule has 2 aliphatic rings. The van der Waals surface area contributed by atoms with E-state index in [4.69, 9.17) is 23.2 Å². The third-order valence-corrected chi connectivity index (χ3v) is 7.34. The minimum absolute atomic E-state index is 0.0267. The van der Waals surface area contributed by atoms with Crippen LogP contribution < -0.4 is 0 Å². The number of alkyl halides is 3. The van der Waals surface area contributed by atoms with Crippen molar-refractivity contribution in [3.63, 3.8) is 0 Å². The highest BCUT2D eigenvalue weighted by Gasteiger charge is 2.38. The first-order chi connectivity index (χ1) is 16.6. The molecule has 186 valence electrons. The van der Waals surface area contributed by atoms with Crippen LogP contribution in [0.25, 0.3) is 11.0 Å². The number of aromatic nitrogens is 3. The zero-order valence-electron chi connectivity index (χ0n) is 19.1. The lowest BCUT2D eigenvalue weighted by Gasteiger charge is -2.34. The van der Waals surface area contributed by atoms with Crippen molar-refractivity contribution in [2.45, 2.75) is 44.9 Å². The fourth-order valence-electron chi connectivity index (χ4n) is 4.57. The van der Waals surface area contributed by atoms with E-state index >= 15 is 0 Å². The number of hydrogen-bond donors (Lipinski definition) is 0. The lowest BCUT2D eigenvalue weighted by molar-refractivity contribution is -0.136. The first kappa shape index (κ1) is 24.3. The predicted octanol–water partition coefficient (Wildman–Crippen LogP) is 5.29. The van der Waals surface area contributed by atoms with Crippen LogP contribution in [0.4, 0.5) is 13.2 Å². The maximum Gasteiger partial charge on any atom is 0.417 e. The van der Waals surface area contributed by atoms with Crippen LogP contribution in [-0.4, -0.2) is 56.7 Å². The Hall–Kier alpha value is -2.36. The highest BCUT2D eigenvalue weighted by atomic mass is 35.5.